The van der Waals surface area contributed by atoms with Crippen LogP contribution in [-0.4, -0.2) is 46.8 Å². The van der Waals surface area contributed by atoms with Crippen LogP contribution in [0, 0.1) is 0 Å². The van der Waals surface area contributed by atoms with E-state index >= 15 is 0 Å². The molecule has 0 bridgehead atoms. The third-order valence-electron chi connectivity index (χ3n) is 6.07. The number of methoxy groups -OCH3 is 1. The first-order valence-corrected chi connectivity index (χ1v) is 10.9. The normalized spacial score (nSPS) is 18.8. The highest BCUT2D eigenvalue weighted by atomic mass is 16.5. The minimum absolute atomic E-state index is 0.203. The van der Waals surface area contributed by atoms with Crippen molar-refractivity contribution in [3.63, 3.8) is 0 Å². The molecule has 1 aliphatic rings. The number of nitrogens with zero attached hydrogens (tertiary/aromatic N) is 2. The van der Waals surface area contributed by atoms with Crippen LogP contribution in [-0.2, 0) is 16.1 Å². The summed E-state index contributed by atoms with van der Waals surface area (Å²) in [5, 5.41) is 0. The fraction of sp³-hybridized carbons (Fsp3) is 0.222. The van der Waals surface area contributed by atoms with Gasteiger partial charge in [0.2, 0.25) is 0 Å². The van der Waals surface area contributed by atoms with Gasteiger partial charge in [-0.15, -0.1) is 0 Å². The molecule has 0 saturated carbocycles. The molecule has 3 unspecified atom stereocenters. The summed E-state index contributed by atoms with van der Waals surface area (Å²) in [6.45, 7) is 2.06. The van der Waals surface area contributed by atoms with E-state index in [-0.39, 0.29) is 18.4 Å². The second-order valence-electron chi connectivity index (χ2n) is 8.03. The van der Waals surface area contributed by atoms with Crippen LogP contribution in [0.4, 0.5) is 4.79 Å². The van der Waals surface area contributed by atoms with E-state index in [2.05, 4.69) is 0 Å². The molecule has 2 amide bonds. The zero-order valence-corrected chi connectivity index (χ0v) is 18.6. The Kier molecular flexibility index (Phi) is 6.54. The standard InChI is InChI=1S/C27H26N2O4/c1-19(21-14-8-4-9-15-21)29-24(26(31)33-2)23(25(30)22-16-10-5-11-17-22)28(27(29)32)18-20-12-6-3-7-13-20/h3-17,19,23-24H,18H2,1-2H3. The Morgan fingerprint density at radius 3 is 1.97 bits per heavy atom. The topological polar surface area (TPSA) is 66.9 Å². The zero-order chi connectivity index (χ0) is 23.4. The maximum absolute atomic E-state index is 13.8. The summed E-state index contributed by atoms with van der Waals surface area (Å²) in [5.41, 5.74) is 2.18. The van der Waals surface area contributed by atoms with E-state index in [4.69, 9.17) is 4.74 Å². The number of ether oxygens (including phenoxy) is 1. The van der Waals surface area contributed by atoms with Crippen LogP contribution in [0.5, 0.6) is 0 Å². The van der Waals surface area contributed by atoms with E-state index in [1.165, 1.54) is 16.9 Å². The number of Topliss-reactive ketones (excluding diaryl/α,β-unsaturated/α-hetero) is 1. The highest BCUT2D eigenvalue weighted by Gasteiger charge is 2.55. The van der Waals surface area contributed by atoms with Crippen LogP contribution < -0.4 is 0 Å². The molecule has 0 radical (unpaired) electrons. The van der Waals surface area contributed by atoms with E-state index in [1.807, 2.05) is 73.7 Å². The lowest BCUT2D eigenvalue weighted by Crippen LogP contribution is -2.48. The lowest BCUT2D eigenvalue weighted by Gasteiger charge is -2.29. The van der Waals surface area contributed by atoms with Crippen molar-refractivity contribution in [2.45, 2.75) is 31.6 Å². The first-order valence-electron chi connectivity index (χ1n) is 10.9. The molecule has 3 atom stereocenters. The molecule has 33 heavy (non-hydrogen) atoms. The van der Waals surface area contributed by atoms with Crippen molar-refractivity contribution in [1.29, 1.82) is 0 Å². The van der Waals surface area contributed by atoms with E-state index in [9.17, 15) is 14.4 Å². The summed E-state index contributed by atoms with van der Waals surface area (Å²) in [6.07, 6.45) is 0. The van der Waals surface area contributed by atoms with Crippen LogP contribution in [0.2, 0.25) is 0 Å². The third kappa shape index (κ3) is 4.37. The Morgan fingerprint density at radius 1 is 0.848 bits per heavy atom. The average Bonchev–Trinajstić information content (AvgIpc) is 3.16. The third-order valence-corrected chi connectivity index (χ3v) is 6.07. The molecule has 0 aliphatic carbocycles. The molecule has 3 aromatic rings. The summed E-state index contributed by atoms with van der Waals surface area (Å²) in [7, 11) is 1.28. The molecule has 0 N–H and O–H groups in total. The quantitative estimate of drug-likeness (QED) is 0.400. The van der Waals surface area contributed by atoms with Gasteiger partial charge in [-0.2, -0.15) is 0 Å². The van der Waals surface area contributed by atoms with Crippen LogP contribution >= 0.6 is 0 Å². The van der Waals surface area contributed by atoms with Gasteiger partial charge in [-0.05, 0) is 18.1 Å². The van der Waals surface area contributed by atoms with Crippen molar-refractivity contribution >= 4 is 17.8 Å². The number of hydrogen-bond donors (Lipinski definition) is 0. The van der Waals surface area contributed by atoms with Gasteiger partial charge >= 0.3 is 12.0 Å². The highest BCUT2D eigenvalue weighted by Crippen LogP contribution is 2.35. The van der Waals surface area contributed by atoms with Gasteiger partial charge in [-0.3, -0.25) is 4.79 Å². The van der Waals surface area contributed by atoms with Crippen molar-refractivity contribution in [2.24, 2.45) is 0 Å². The maximum atomic E-state index is 13.8. The molecule has 1 aliphatic heterocycles. The molecule has 6 nitrogen and oxygen atoms in total. The van der Waals surface area contributed by atoms with Crippen LogP contribution in [0.15, 0.2) is 91.0 Å². The van der Waals surface area contributed by atoms with E-state index in [0.29, 0.717) is 5.56 Å². The van der Waals surface area contributed by atoms with Gasteiger partial charge in [0.1, 0.15) is 6.04 Å². The predicted molar refractivity (Wildman–Crippen MR) is 124 cm³/mol. The molecule has 0 aromatic heterocycles. The largest absolute Gasteiger partial charge is 0.467 e. The fourth-order valence-corrected chi connectivity index (χ4v) is 4.37. The van der Waals surface area contributed by atoms with Crippen molar-refractivity contribution in [3.05, 3.63) is 108 Å². The van der Waals surface area contributed by atoms with Gasteiger partial charge < -0.3 is 14.5 Å². The average molecular weight is 443 g/mol. The van der Waals surface area contributed by atoms with Crippen LogP contribution in [0.25, 0.3) is 0 Å². The van der Waals surface area contributed by atoms with Gasteiger partial charge in [0.15, 0.2) is 11.8 Å². The number of benzene rings is 3. The minimum Gasteiger partial charge on any atom is -0.467 e. The van der Waals surface area contributed by atoms with Crippen molar-refractivity contribution in [2.75, 3.05) is 7.11 Å². The monoisotopic (exact) mass is 442 g/mol. The number of rotatable bonds is 7. The highest BCUT2D eigenvalue weighted by molar-refractivity contribution is 6.07. The molecular weight excluding hydrogens is 416 g/mol. The van der Waals surface area contributed by atoms with Crippen LogP contribution in [0.3, 0.4) is 0 Å². The first-order chi connectivity index (χ1) is 16.0. The number of hydrogen-bond acceptors (Lipinski definition) is 4. The molecule has 0 spiro atoms. The zero-order valence-electron chi connectivity index (χ0n) is 18.6. The Hall–Kier alpha value is -3.93. The molecule has 3 aromatic carbocycles. The van der Waals surface area contributed by atoms with Gasteiger partial charge in [-0.25, -0.2) is 9.59 Å². The van der Waals surface area contributed by atoms with Gasteiger partial charge in [-0.1, -0.05) is 91.0 Å². The smallest absolute Gasteiger partial charge is 0.331 e. The van der Waals surface area contributed by atoms with E-state index < -0.39 is 24.1 Å². The number of esters is 1. The number of amides is 2. The lowest BCUT2D eigenvalue weighted by atomic mass is 9.95. The fourth-order valence-electron chi connectivity index (χ4n) is 4.37. The van der Waals surface area contributed by atoms with Crippen molar-refractivity contribution in [3.8, 4) is 0 Å². The molecule has 1 fully saturated rings. The molecule has 1 saturated heterocycles. The minimum atomic E-state index is -1.07. The molecular formula is C27H26N2O4. The number of carbonyl (C=O) groups is 3. The van der Waals surface area contributed by atoms with Crippen LogP contribution in [0.1, 0.15) is 34.5 Å². The Morgan fingerprint density at radius 2 is 1.39 bits per heavy atom. The maximum Gasteiger partial charge on any atom is 0.331 e. The number of ketones is 1. The van der Waals surface area contributed by atoms with Crippen molar-refractivity contribution < 1.29 is 19.1 Å². The SMILES string of the molecule is COC(=O)C1C(C(=O)c2ccccc2)N(Cc2ccccc2)C(=O)N1C(C)c1ccccc1. The Bertz CT molecular complexity index is 1120. The molecule has 6 heteroatoms. The van der Waals surface area contributed by atoms with Gasteiger partial charge in [0, 0.05) is 12.1 Å². The second-order valence-corrected chi connectivity index (χ2v) is 8.03. The van der Waals surface area contributed by atoms with E-state index in [0.717, 1.165) is 11.1 Å². The predicted octanol–water partition coefficient (Wildman–Crippen LogP) is 4.48. The second kappa shape index (κ2) is 9.69. The Labute approximate surface area is 193 Å². The summed E-state index contributed by atoms with van der Waals surface area (Å²) in [5.74, 6) is -0.908. The lowest BCUT2D eigenvalue weighted by molar-refractivity contribution is -0.146. The molecule has 168 valence electrons. The van der Waals surface area contributed by atoms with Crippen molar-refractivity contribution in [1.82, 2.24) is 9.80 Å². The summed E-state index contributed by atoms with van der Waals surface area (Å²) in [4.78, 5) is 43.5. The van der Waals surface area contributed by atoms with Gasteiger partial charge in [0.05, 0.1) is 13.2 Å². The van der Waals surface area contributed by atoms with Gasteiger partial charge in [0.25, 0.3) is 0 Å². The summed E-state index contributed by atoms with van der Waals surface area (Å²) >= 11 is 0. The summed E-state index contributed by atoms with van der Waals surface area (Å²) in [6, 6.07) is 24.8. The van der Waals surface area contributed by atoms with E-state index in [1.54, 1.807) is 24.3 Å². The molecule has 4 rings (SSSR count). The first kappa shape index (κ1) is 22.3. The molecule has 1 heterocycles. The number of carbonyl (C=O) groups excluding carboxylic acids is 3. The Balaban J connectivity index is 1.81. The summed E-state index contributed by atoms with van der Waals surface area (Å²) < 4.78 is 5.10. The number of urea groups is 1.